The number of ether oxygens (including phenoxy) is 2. The lowest BCUT2D eigenvalue weighted by Crippen LogP contribution is -2.27. The molecule has 1 heterocycles. The van der Waals surface area contributed by atoms with Crippen molar-refractivity contribution in [3.05, 3.63) is 47.8 Å². The molecule has 7 heteroatoms. The molecule has 0 radical (unpaired) electrons. The minimum atomic E-state index is -0.280. The highest BCUT2D eigenvalue weighted by molar-refractivity contribution is 5.92. The average Bonchev–Trinajstić information content (AvgIpc) is 2.54. The first-order valence-electron chi connectivity index (χ1n) is 6.79. The molecule has 0 aliphatic heterocycles. The first-order valence-corrected chi connectivity index (χ1v) is 6.79. The van der Waals surface area contributed by atoms with Gasteiger partial charge in [-0.15, -0.1) is 12.4 Å². The van der Waals surface area contributed by atoms with E-state index in [1.54, 1.807) is 38.5 Å². The standard InChI is InChI=1S/C16H19N3O3.ClH/c1-10(13-8-12(21-2)5-7-15(13)22-3)19-16(20)14-6-4-11(17)9-18-14;/h4-10H,17H2,1-3H3,(H,19,20);1H. The Hall–Kier alpha value is -2.47. The first-order chi connectivity index (χ1) is 10.5. The van der Waals surface area contributed by atoms with Crippen LogP contribution in [0.1, 0.15) is 29.0 Å². The van der Waals surface area contributed by atoms with Crippen LogP contribution in [0.4, 0.5) is 5.69 Å². The minimum Gasteiger partial charge on any atom is -0.497 e. The van der Waals surface area contributed by atoms with E-state index in [2.05, 4.69) is 10.3 Å². The Bertz CT molecular complexity index is 662. The van der Waals surface area contributed by atoms with Gasteiger partial charge < -0.3 is 20.5 Å². The number of hydrogen-bond acceptors (Lipinski definition) is 5. The second kappa shape index (κ2) is 8.24. The summed E-state index contributed by atoms with van der Waals surface area (Å²) in [5.41, 5.74) is 7.21. The van der Waals surface area contributed by atoms with E-state index in [1.165, 1.54) is 6.20 Å². The highest BCUT2D eigenvalue weighted by atomic mass is 35.5. The maximum absolute atomic E-state index is 12.2. The van der Waals surface area contributed by atoms with Crippen LogP contribution in [-0.2, 0) is 0 Å². The number of pyridine rings is 1. The van der Waals surface area contributed by atoms with E-state index < -0.39 is 0 Å². The van der Waals surface area contributed by atoms with Gasteiger partial charge in [0.05, 0.1) is 32.1 Å². The zero-order chi connectivity index (χ0) is 16.1. The molecule has 0 saturated heterocycles. The van der Waals surface area contributed by atoms with E-state index >= 15 is 0 Å². The fourth-order valence-electron chi connectivity index (χ4n) is 2.07. The lowest BCUT2D eigenvalue weighted by molar-refractivity contribution is 0.0934. The van der Waals surface area contributed by atoms with Gasteiger partial charge in [0.1, 0.15) is 17.2 Å². The summed E-state index contributed by atoms with van der Waals surface area (Å²) < 4.78 is 10.5. The van der Waals surface area contributed by atoms with Crippen LogP contribution >= 0.6 is 12.4 Å². The summed E-state index contributed by atoms with van der Waals surface area (Å²) in [4.78, 5) is 16.2. The molecule has 0 spiro atoms. The van der Waals surface area contributed by atoms with Gasteiger partial charge in [0, 0.05) is 5.56 Å². The molecular formula is C16H20ClN3O3. The van der Waals surface area contributed by atoms with Crippen molar-refractivity contribution in [3.8, 4) is 11.5 Å². The molecule has 0 bridgehead atoms. The second-order valence-electron chi connectivity index (χ2n) is 4.78. The summed E-state index contributed by atoms with van der Waals surface area (Å²) >= 11 is 0. The summed E-state index contributed by atoms with van der Waals surface area (Å²) in [5, 5.41) is 2.88. The predicted molar refractivity (Wildman–Crippen MR) is 91.3 cm³/mol. The van der Waals surface area contributed by atoms with Gasteiger partial charge in [0.15, 0.2) is 0 Å². The molecule has 1 aromatic heterocycles. The van der Waals surface area contributed by atoms with E-state index in [1.807, 2.05) is 13.0 Å². The van der Waals surface area contributed by atoms with Crippen LogP contribution in [-0.4, -0.2) is 25.1 Å². The van der Waals surface area contributed by atoms with Crippen LogP contribution in [0.15, 0.2) is 36.5 Å². The van der Waals surface area contributed by atoms with Crippen molar-refractivity contribution in [3.63, 3.8) is 0 Å². The monoisotopic (exact) mass is 337 g/mol. The molecule has 2 aromatic rings. The van der Waals surface area contributed by atoms with Crippen molar-refractivity contribution >= 4 is 24.0 Å². The van der Waals surface area contributed by atoms with E-state index in [-0.39, 0.29) is 24.4 Å². The van der Waals surface area contributed by atoms with Crippen LogP contribution < -0.4 is 20.5 Å². The van der Waals surface area contributed by atoms with E-state index in [0.717, 1.165) is 5.56 Å². The topological polar surface area (TPSA) is 86.5 Å². The largest absolute Gasteiger partial charge is 0.497 e. The van der Waals surface area contributed by atoms with Gasteiger partial charge in [-0.2, -0.15) is 0 Å². The SMILES string of the molecule is COc1ccc(OC)c(C(C)NC(=O)c2ccc(N)cn2)c1.Cl. The van der Waals surface area contributed by atoms with Crippen molar-refractivity contribution in [1.29, 1.82) is 0 Å². The number of aromatic nitrogens is 1. The zero-order valence-electron chi connectivity index (χ0n) is 13.2. The number of nitrogen functional groups attached to an aromatic ring is 1. The molecule has 1 unspecified atom stereocenters. The number of nitrogens with zero attached hydrogens (tertiary/aromatic N) is 1. The Morgan fingerprint density at radius 3 is 2.52 bits per heavy atom. The van der Waals surface area contributed by atoms with Gasteiger partial charge in [-0.1, -0.05) is 0 Å². The number of carbonyl (C=O) groups is 1. The van der Waals surface area contributed by atoms with Gasteiger partial charge >= 0.3 is 0 Å². The lowest BCUT2D eigenvalue weighted by Gasteiger charge is -2.18. The van der Waals surface area contributed by atoms with Gasteiger partial charge in [-0.3, -0.25) is 4.79 Å². The number of rotatable bonds is 5. The van der Waals surface area contributed by atoms with Gasteiger partial charge in [0.25, 0.3) is 5.91 Å². The van der Waals surface area contributed by atoms with E-state index in [4.69, 9.17) is 15.2 Å². The van der Waals surface area contributed by atoms with Gasteiger partial charge in [-0.05, 0) is 37.3 Å². The number of amides is 1. The lowest BCUT2D eigenvalue weighted by atomic mass is 10.1. The summed E-state index contributed by atoms with van der Waals surface area (Å²) in [5.74, 6) is 1.10. The first kappa shape index (κ1) is 18.6. The normalized spacial score (nSPS) is 11.1. The zero-order valence-corrected chi connectivity index (χ0v) is 14.0. The summed E-state index contributed by atoms with van der Waals surface area (Å²) in [6.45, 7) is 1.87. The number of carbonyl (C=O) groups excluding carboxylic acids is 1. The number of methoxy groups -OCH3 is 2. The Morgan fingerprint density at radius 2 is 1.96 bits per heavy atom. The van der Waals surface area contributed by atoms with Crippen LogP contribution in [0.25, 0.3) is 0 Å². The summed E-state index contributed by atoms with van der Waals surface area (Å²) in [6, 6.07) is 8.40. The van der Waals surface area contributed by atoms with Crippen LogP contribution in [0.3, 0.4) is 0 Å². The molecule has 1 amide bonds. The molecule has 0 saturated carbocycles. The molecule has 23 heavy (non-hydrogen) atoms. The average molecular weight is 338 g/mol. The maximum Gasteiger partial charge on any atom is 0.270 e. The number of anilines is 1. The highest BCUT2D eigenvalue weighted by Gasteiger charge is 2.16. The molecule has 0 fully saturated rings. The fraction of sp³-hybridized carbons (Fsp3) is 0.250. The van der Waals surface area contributed by atoms with E-state index in [9.17, 15) is 4.79 Å². The fourth-order valence-corrected chi connectivity index (χ4v) is 2.07. The molecule has 1 aromatic carbocycles. The molecule has 124 valence electrons. The van der Waals surface area contributed by atoms with Crippen molar-refractivity contribution < 1.29 is 14.3 Å². The van der Waals surface area contributed by atoms with Crippen molar-refractivity contribution in [1.82, 2.24) is 10.3 Å². The smallest absolute Gasteiger partial charge is 0.270 e. The maximum atomic E-state index is 12.2. The molecule has 3 N–H and O–H groups in total. The minimum absolute atomic E-state index is 0. The highest BCUT2D eigenvalue weighted by Crippen LogP contribution is 2.29. The van der Waals surface area contributed by atoms with Crippen molar-refractivity contribution in [2.24, 2.45) is 0 Å². The third-order valence-electron chi connectivity index (χ3n) is 3.27. The molecule has 6 nitrogen and oxygen atoms in total. The molecule has 1 atom stereocenters. The number of benzene rings is 1. The van der Waals surface area contributed by atoms with E-state index in [0.29, 0.717) is 22.9 Å². The summed E-state index contributed by atoms with van der Waals surface area (Å²) in [6.07, 6.45) is 1.45. The third kappa shape index (κ3) is 4.50. The molecular weight excluding hydrogens is 318 g/mol. The Labute approximate surface area is 141 Å². The number of halogens is 1. The molecule has 2 rings (SSSR count). The van der Waals surface area contributed by atoms with Crippen LogP contribution in [0.2, 0.25) is 0 Å². The number of nitrogens with one attached hydrogen (secondary N) is 1. The van der Waals surface area contributed by atoms with Gasteiger partial charge in [0.2, 0.25) is 0 Å². The predicted octanol–water partition coefficient (Wildman–Crippen LogP) is 2.59. The van der Waals surface area contributed by atoms with Crippen LogP contribution in [0.5, 0.6) is 11.5 Å². The number of hydrogen-bond donors (Lipinski definition) is 2. The van der Waals surface area contributed by atoms with Crippen molar-refractivity contribution in [2.75, 3.05) is 20.0 Å². The van der Waals surface area contributed by atoms with Gasteiger partial charge in [-0.25, -0.2) is 4.98 Å². The molecule has 0 aliphatic rings. The molecule has 0 aliphatic carbocycles. The Morgan fingerprint density at radius 1 is 1.22 bits per heavy atom. The van der Waals surface area contributed by atoms with Crippen LogP contribution in [0, 0.1) is 0 Å². The second-order valence-corrected chi connectivity index (χ2v) is 4.78. The number of nitrogens with two attached hydrogens (primary N) is 1. The quantitative estimate of drug-likeness (QED) is 0.875. The van der Waals surface area contributed by atoms with Crippen molar-refractivity contribution in [2.45, 2.75) is 13.0 Å². The Kier molecular flexibility index (Phi) is 6.65. The third-order valence-corrected chi connectivity index (χ3v) is 3.27. The summed E-state index contributed by atoms with van der Waals surface area (Å²) in [7, 11) is 3.18. The Balaban J connectivity index is 0.00000264.